The van der Waals surface area contributed by atoms with Crippen molar-refractivity contribution in [2.45, 2.75) is 16.1 Å². The largest absolute Gasteiger partial charge is 0.309 e. The van der Waals surface area contributed by atoms with Crippen molar-refractivity contribution in [1.82, 2.24) is 9.13 Å². The van der Waals surface area contributed by atoms with Crippen LogP contribution in [0.5, 0.6) is 0 Å². The summed E-state index contributed by atoms with van der Waals surface area (Å²) in [6.07, 6.45) is 6.99. The van der Waals surface area contributed by atoms with Crippen LogP contribution in [0.25, 0.3) is 82.5 Å². The summed E-state index contributed by atoms with van der Waals surface area (Å²) in [4.78, 5) is 1.40. The molecule has 0 bridgehead atoms. The molecular weight excluding hydrogens is 685 g/mol. The minimum atomic E-state index is 0.345. The molecule has 3 heterocycles. The van der Waals surface area contributed by atoms with Gasteiger partial charge in [-0.25, -0.2) is 0 Å². The molecule has 2 aliphatic rings. The quantitative estimate of drug-likeness (QED) is 0.176. The minimum absolute atomic E-state index is 0.345. The van der Waals surface area contributed by atoms with Gasteiger partial charge in [-0.05, 0) is 111 Å². The van der Waals surface area contributed by atoms with Crippen LogP contribution in [-0.2, 0) is 0 Å². The molecule has 1 aliphatic carbocycles. The Morgan fingerprint density at radius 1 is 0.418 bits per heavy atom. The lowest BCUT2D eigenvalue weighted by molar-refractivity contribution is 0.901. The number of hydrogen-bond acceptors (Lipinski definition) is 1. The summed E-state index contributed by atoms with van der Waals surface area (Å²) >= 11 is 1.99. The van der Waals surface area contributed by atoms with Gasteiger partial charge >= 0.3 is 0 Å². The minimum Gasteiger partial charge on any atom is -0.309 e. The maximum atomic E-state index is 2.46. The second kappa shape index (κ2) is 12.0. The Hall–Kier alpha value is -6.55. The molecule has 0 amide bonds. The third-order valence-electron chi connectivity index (χ3n) is 11.9. The van der Waals surface area contributed by atoms with Gasteiger partial charge in [0.1, 0.15) is 0 Å². The van der Waals surface area contributed by atoms with Gasteiger partial charge in [-0.1, -0.05) is 121 Å². The van der Waals surface area contributed by atoms with Crippen LogP contribution in [0, 0.1) is 0 Å². The Bertz CT molecular complexity index is 3250. The Morgan fingerprint density at radius 3 is 1.82 bits per heavy atom. The number of hydrogen-bond donors (Lipinski definition) is 0. The lowest BCUT2D eigenvalue weighted by atomic mass is 9.81. The van der Waals surface area contributed by atoms with E-state index in [0.717, 1.165) is 0 Å². The second-order valence-corrected chi connectivity index (χ2v) is 16.1. The first-order valence-electron chi connectivity index (χ1n) is 19.1. The molecule has 55 heavy (non-hydrogen) atoms. The molecule has 10 aromatic rings. The summed E-state index contributed by atoms with van der Waals surface area (Å²) in [5.74, 6) is 0.345. The third-order valence-corrected chi connectivity index (χ3v) is 13.2. The van der Waals surface area contributed by atoms with E-state index in [1.54, 1.807) is 0 Å². The van der Waals surface area contributed by atoms with Crippen LogP contribution in [0.2, 0.25) is 0 Å². The number of nitrogens with zero attached hydrogens (tertiary/aromatic N) is 2. The number of aromatic nitrogens is 2. The van der Waals surface area contributed by atoms with Crippen molar-refractivity contribution in [2.75, 3.05) is 0 Å². The predicted molar refractivity (Wildman–Crippen MR) is 234 cm³/mol. The van der Waals surface area contributed by atoms with E-state index in [4.69, 9.17) is 0 Å². The zero-order valence-electron chi connectivity index (χ0n) is 29.9. The van der Waals surface area contributed by atoms with Crippen molar-refractivity contribution in [1.29, 1.82) is 0 Å². The van der Waals surface area contributed by atoms with Gasteiger partial charge in [-0.2, -0.15) is 0 Å². The molecule has 258 valence electrons. The van der Waals surface area contributed by atoms with Crippen molar-refractivity contribution >= 4 is 71.7 Å². The topological polar surface area (TPSA) is 9.86 Å². The summed E-state index contributed by atoms with van der Waals surface area (Å²) in [7, 11) is 0. The van der Waals surface area contributed by atoms with Crippen LogP contribution >= 0.6 is 11.8 Å². The third kappa shape index (κ3) is 4.70. The molecule has 8 aromatic carbocycles. The van der Waals surface area contributed by atoms with Gasteiger partial charge in [0, 0.05) is 49.0 Å². The van der Waals surface area contributed by atoms with E-state index in [9.17, 15) is 0 Å². The highest BCUT2D eigenvalue weighted by Crippen LogP contribution is 2.53. The number of para-hydroxylation sites is 2. The summed E-state index contributed by atoms with van der Waals surface area (Å²) in [5.41, 5.74) is 13.8. The normalized spacial score (nSPS) is 16.3. The number of benzene rings is 8. The first-order valence-corrected chi connectivity index (χ1v) is 20.0. The maximum absolute atomic E-state index is 2.46. The van der Waals surface area contributed by atoms with Gasteiger partial charge < -0.3 is 9.13 Å². The van der Waals surface area contributed by atoms with Crippen LogP contribution in [0.15, 0.2) is 199 Å². The highest BCUT2D eigenvalue weighted by Gasteiger charge is 2.36. The molecular formula is C52H34N2S. The maximum Gasteiger partial charge on any atom is 0.0541 e. The van der Waals surface area contributed by atoms with Gasteiger partial charge in [-0.3, -0.25) is 0 Å². The average molecular weight is 719 g/mol. The molecule has 2 unspecified atom stereocenters. The lowest BCUT2D eigenvalue weighted by Gasteiger charge is -2.24. The molecule has 0 saturated carbocycles. The second-order valence-electron chi connectivity index (χ2n) is 14.9. The fraction of sp³-hybridized carbons (Fsp3) is 0.0385. The average Bonchev–Trinajstić information content (AvgIpc) is 3.91. The summed E-state index contributed by atoms with van der Waals surface area (Å²) in [6.45, 7) is 0. The predicted octanol–water partition coefficient (Wildman–Crippen LogP) is 13.9. The molecule has 3 heteroatoms. The fourth-order valence-corrected chi connectivity index (χ4v) is 10.7. The monoisotopic (exact) mass is 718 g/mol. The standard InChI is InChI=1S/C52H34N2S/c1-2-13-38(14-3-1)53-46-18-8-6-15-41(46)43-30-35(22-26-47(43)53)36-23-27-48-44(31-36)45-32-37(40-17-10-20-51-52(40)42-16-7-9-19-50(42)55-51)24-28-49(45)54(48)39-25-21-33-11-4-5-12-34(33)29-39/h1-32,51-52H. The molecule has 1 aliphatic heterocycles. The van der Waals surface area contributed by atoms with Gasteiger partial charge in [0.15, 0.2) is 0 Å². The number of allylic oxidation sites excluding steroid dienone is 3. The Morgan fingerprint density at radius 2 is 1.02 bits per heavy atom. The number of fused-ring (bicyclic) bond motifs is 10. The molecule has 2 atom stereocenters. The molecule has 0 saturated heterocycles. The summed E-state index contributed by atoms with van der Waals surface area (Å²) in [6, 6.07) is 65.2. The van der Waals surface area contributed by atoms with Crippen molar-refractivity contribution in [3.63, 3.8) is 0 Å². The van der Waals surface area contributed by atoms with E-state index >= 15 is 0 Å². The first kappa shape index (κ1) is 30.9. The van der Waals surface area contributed by atoms with E-state index in [2.05, 4.69) is 203 Å². The number of rotatable bonds is 4. The first-order chi connectivity index (χ1) is 27.3. The van der Waals surface area contributed by atoms with E-state index < -0.39 is 0 Å². The SMILES string of the molecule is C1=CC2Sc3ccccc3C2C(c2ccc3c(c2)c2cc(-c4ccc5c(c4)c4ccccc4n5-c4ccccc4)ccc2n3-c2ccc3ccccc3c2)=C1. The van der Waals surface area contributed by atoms with Crippen LogP contribution in [0.4, 0.5) is 0 Å². The van der Waals surface area contributed by atoms with Gasteiger partial charge in [0.25, 0.3) is 0 Å². The number of thioether (sulfide) groups is 1. The zero-order chi connectivity index (χ0) is 36.0. The summed E-state index contributed by atoms with van der Waals surface area (Å²) in [5, 5.41) is 7.98. The van der Waals surface area contributed by atoms with Crippen molar-refractivity contribution in [3.05, 3.63) is 205 Å². The van der Waals surface area contributed by atoms with Gasteiger partial charge in [-0.15, -0.1) is 11.8 Å². The highest BCUT2D eigenvalue weighted by atomic mass is 32.2. The smallest absolute Gasteiger partial charge is 0.0541 e. The van der Waals surface area contributed by atoms with Crippen molar-refractivity contribution < 1.29 is 0 Å². The van der Waals surface area contributed by atoms with Crippen LogP contribution in [0.3, 0.4) is 0 Å². The Balaban J connectivity index is 1.07. The molecule has 2 nitrogen and oxygen atoms in total. The van der Waals surface area contributed by atoms with Crippen LogP contribution in [0.1, 0.15) is 17.0 Å². The molecule has 0 radical (unpaired) electrons. The fourth-order valence-electron chi connectivity index (χ4n) is 9.36. The van der Waals surface area contributed by atoms with Crippen LogP contribution in [-0.4, -0.2) is 14.4 Å². The molecule has 0 spiro atoms. The highest BCUT2D eigenvalue weighted by molar-refractivity contribution is 8.00. The van der Waals surface area contributed by atoms with Crippen molar-refractivity contribution in [3.8, 4) is 22.5 Å². The molecule has 12 rings (SSSR count). The zero-order valence-corrected chi connectivity index (χ0v) is 30.7. The lowest BCUT2D eigenvalue weighted by Crippen LogP contribution is -2.12. The van der Waals surface area contributed by atoms with E-state index in [-0.39, 0.29) is 0 Å². The van der Waals surface area contributed by atoms with Gasteiger partial charge in [0.05, 0.1) is 22.1 Å². The Kier molecular flexibility index (Phi) is 6.72. The Labute approximate surface area is 323 Å². The summed E-state index contributed by atoms with van der Waals surface area (Å²) < 4.78 is 4.84. The van der Waals surface area contributed by atoms with E-state index in [0.29, 0.717) is 11.2 Å². The van der Waals surface area contributed by atoms with Crippen LogP contribution < -0.4 is 0 Å². The molecule has 0 N–H and O–H groups in total. The van der Waals surface area contributed by atoms with Gasteiger partial charge in [0.2, 0.25) is 0 Å². The molecule has 2 aromatic heterocycles. The van der Waals surface area contributed by atoms with E-state index in [1.807, 2.05) is 11.8 Å². The van der Waals surface area contributed by atoms with Crippen molar-refractivity contribution in [2.24, 2.45) is 0 Å². The van der Waals surface area contributed by atoms with E-state index in [1.165, 1.54) is 98.5 Å². The molecule has 0 fully saturated rings.